The van der Waals surface area contributed by atoms with E-state index in [1.54, 1.807) is 23.9 Å². The minimum atomic E-state index is -0.0811. The number of likely N-dealkylation sites (N-methyl/N-ethyl adjacent to an activating group) is 1. The summed E-state index contributed by atoms with van der Waals surface area (Å²) in [5.41, 5.74) is 4.77. The van der Waals surface area contributed by atoms with Gasteiger partial charge in [0.2, 0.25) is 5.91 Å². The Hall–Kier alpha value is -2.84. The van der Waals surface area contributed by atoms with Crippen LogP contribution in [0.4, 0.5) is 0 Å². The van der Waals surface area contributed by atoms with Gasteiger partial charge >= 0.3 is 0 Å². The Morgan fingerprint density at radius 1 is 1.32 bits per heavy atom. The highest BCUT2D eigenvalue weighted by Crippen LogP contribution is 2.33. The van der Waals surface area contributed by atoms with E-state index in [2.05, 4.69) is 26.7 Å². The second-order valence-electron chi connectivity index (χ2n) is 6.72. The van der Waals surface area contributed by atoms with Gasteiger partial charge in [-0.15, -0.1) is 0 Å². The zero-order valence-corrected chi connectivity index (χ0v) is 16.9. The molecule has 0 fully saturated rings. The number of nitrogens with zero attached hydrogens (tertiary/aromatic N) is 4. The monoisotopic (exact) mass is 394 g/mol. The van der Waals surface area contributed by atoms with Crippen molar-refractivity contribution in [2.24, 2.45) is 7.05 Å². The average molecular weight is 395 g/mol. The molecule has 8 heteroatoms. The van der Waals surface area contributed by atoms with Gasteiger partial charge in [-0.05, 0) is 25.1 Å². The van der Waals surface area contributed by atoms with Gasteiger partial charge in [-0.2, -0.15) is 0 Å². The summed E-state index contributed by atoms with van der Waals surface area (Å²) in [5.74, 6) is -0.0115. The van der Waals surface area contributed by atoms with Crippen LogP contribution in [0.3, 0.4) is 0 Å². The lowest BCUT2D eigenvalue weighted by molar-refractivity contribution is -0.120. The minimum Gasteiger partial charge on any atom is -0.348 e. The number of thiazole rings is 1. The maximum absolute atomic E-state index is 12.0. The van der Waals surface area contributed by atoms with Gasteiger partial charge in [0, 0.05) is 12.6 Å². The van der Waals surface area contributed by atoms with Crippen molar-refractivity contribution in [3.63, 3.8) is 0 Å². The van der Waals surface area contributed by atoms with E-state index in [0.29, 0.717) is 6.54 Å². The molecule has 3 heterocycles. The van der Waals surface area contributed by atoms with E-state index < -0.39 is 0 Å². The average Bonchev–Trinajstić information content (AvgIpc) is 3.30. The number of imidazole rings is 1. The van der Waals surface area contributed by atoms with Crippen LogP contribution in [0, 0.1) is 0 Å². The molecule has 0 spiro atoms. The van der Waals surface area contributed by atoms with Crippen molar-refractivity contribution in [2.45, 2.75) is 19.9 Å². The SMILES string of the molecule is CCNCC(=O)N[C@@H](C)c1cccc(-c2nc3c(ncc4ncn(C)c43)s2)c1. The van der Waals surface area contributed by atoms with Crippen LogP contribution in [0.1, 0.15) is 25.5 Å². The van der Waals surface area contributed by atoms with Crippen LogP contribution in [-0.4, -0.2) is 38.5 Å². The molecule has 0 bridgehead atoms. The van der Waals surface area contributed by atoms with E-state index in [9.17, 15) is 4.79 Å². The number of carbonyl (C=O) groups excluding carboxylic acids is 1. The Morgan fingerprint density at radius 2 is 2.18 bits per heavy atom. The molecule has 1 atom stereocenters. The highest BCUT2D eigenvalue weighted by molar-refractivity contribution is 7.21. The summed E-state index contributed by atoms with van der Waals surface area (Å²) in [6, 6.07) is 8.05. The summed E-state index contributed by atoms with van der Waals surface area (Å²) in [7, 11) is 1.96. The van der Waals surface area contributed by atoms with E-state index >= 15 is 0 Å². The molecule has 0 unspecified atom stereocenters. The van der Waals surface area contributed by atoms with Crippen LogP contribution in [-0.2, 0) is 11.8 Å². The van der Waals surface area contributed by atoms with Gasteiger partial charge in [-0.3, -0.25) is 4.79 Å². The third kappa shape index (κ3) is 3.48. The molecule has 4 aromatic rings. The van der Waals surface area contributed by atoms with E-state index in [0.717, 1.165) is 44.1 Å². The van der Waals surface area contributed by atoms with Gasteiger partial charge in [-0.1, -0.05) is 36.5 Å². The third-order valence-corrected chi connectivity index (χ3v) is 5.66. The second-order valence-corrected chi connectivity index (χ2v) is 7.69. The maximum Gasteiger partial charge on any atom is 0.234 e. The first-order valence-corrected chi connectivity index (χ1v) is 10.1. The molecular weight excluding hydrogens is 372 g/mol. The number of benzene rings is 1. The number of hydrogen-bond donors (Lipinski definition) is 2. The van der Waals surface area contributed by atoms with E-state index in [4.69, 9.17) is 4.98 Å². The molecule has 0 aliphatic rings. The number of aryl methyl sites for hydroxylation is 1. The summed E-state index contributed by atoms with van der Waals surface area (Å²) in [5, 5.41) is 6.97. The second kappa shape index (κ2) is 7.65. The third-order valence-electron chi connectivity index (χ3n) is 4.65. The first-order chi connectivity index (χ1) is 13.6. The van der Waals surface area contributed by atoms with Crippen molar-refractivity contribution in [1.29, 1.82) is 0 Å². The molecular formula is C20H22N6OS. The van der Waals surface area contributed by atoms with E-state index in [-0.39, 0.29) is 11.9 Å². The largest absolute Gasteiger partial charge is 0.348 e. The number of nitrogens with one attached hydrogen (secondary N) is 2. The molecule has 3 aromatic heterocycles. The molecule has 1 amide bonds. The lowest BCUT2D eigenvalue weighted by atomic mass is 10.1. The Balaban J connectivity index is 1.65. The number of hydrogen-bond acceptors (Lipinski definition) is 6. The Kier molecular flexibility index (Phi) is 5.06. The molecule has 4 rings (SSSR count). The molecule has 7 nitrogen and oxygen atoms in total. The van der Waals surface area contributed by atoms with Crippen molar-refractivity contribution < 1.29 is 4.79 Å². The lowest BCUT2D eigenvalue weighted by Crippen LogP contribution is -2.35. The molecule has 144 valence electrons. The van der Waals surface area contributed by atoms with Gasteiger partial charge < -0.3 is 15.2 Å². The molecule has 1 aromatic carbocycles. The molecule has 0 radical (unpaired) electrons. The number of amides is 1. The summed E-state index contributed by atoms with van der Waals surface area (Å²) >= 11 is 1.56. The van der Waals surface area contributed by atoms with Gasteiger partial charge in [0.15, 0.2) is 0 Å². The fraction of sp³-hybridized carbons (Fsp3) is 0.300. The van der Waals surface area contributed by atoms with Gasteiger partial charge in [0.1, 0.15) is 20.9 Å². The van der Waals surface area contributed by atoms with Crippen molar-refractivity contribution in [3.05, 3.63) is 42.4 Å². The van der Waals surface area contributed by atoms with Crippen LogP contribution < -0.4 is 10.6 Å². The van der Waals surface area contributed by atoms with Crippen LogP contribution in [0.2, 0.25) is 0 Å². The highest BCUT2D eigenvalue weighted by atomic mass is 32.1. The molecule has 2 N–H and O–H groups in total. The predicted molar refractivity (Wildman–Crippen MR) is 112 cm³/mol. The zero-order valence-electron chi connectivity index (χ0n) is 16.1. The van der Waals surface area contributed by atoms with Crippen LogP contribution in [0.25, 0.3) is 32.0 Å². The Bertz CT molecular complexity index is 1150. The standard InChI is InChI=1S/C20H22N6OS/c1-4-21-10-16(27)24-12(2)13-6-5-7-14(8-13)19-25-17-18-15(23-11-26(18)3)9-22-20(17)28-19/h5-9,11-12,21H,4,10H2,1-3H3,(H,24,27)/t12-/m0/s1. The number of fused-ring (bicyclic) bond motifs is 3. The number of rotatable bonds is 6. The number of carbonyl (C=O) groups is 1. The number of pyridine rings is 1. The predicted octanol–water partition coefficient (Wildman–Crippen LogP) is 3.03. The van der Waals surface area contributed by atoms with Gasteiger partial charge in [-0.25, -0.2) is 15.0 Å². The van der Waals surface area contributed by atoms with Crippen LogP contribution >= 0.6 is 11.3 Å². The lowest BCUT2D eigenvalue weighted by Gasteiger charge is -2.15. The van der Waals surface area contributed by atoms with Crippen molar-refractivity contribution in [2.75, 3.05) is 13.1 Å². The summed E-state index contributed by atoms with van der Waals surface area (Å²) < 4.78 is 1.97. The topological polar surface area (TPSA) is 84.7 Å². The van der Waals surface area contributed by atoms with E-state index in [1.165, 1.54) is 0 Å². The fourth-order valence-corrected chi connectivity index (χ4v) is 4.09. The Morgan fingerprint density at radius 3 is 3.00 bits per heavy atom. The first-order valence-electron chi connectivity index (χ1n) is 9.23. The zero-order chi connectivity index (χ0) is 19.7. The number of aromatic nitrogens is 4. The molecule has 28 heavy (non-hydrogen) atoms. The van der Waals surface area contributed by atoms with Gasteiger partial charge in [0.25, 0.3) is 0 Å². The first kappa shape index (κ1) is 18.5. The van der Waals surface area contributed by atoms with Crippen LogP contribution in [0.15, 0.2) is 36.8 Å². The molecule has 0 saturated heterocycles. The highest BCUT2D eigenvalue weighted by Gasteiger charge is 2.15. The van der Waals surface area contributed by atoms with Crippen molar-refractivity contribution in [1.82, 2.24) is 30.2 Å². The summed E-state index contributed by atoms with van der Waals surface area (Å²) in [6.45, 7) is 5.06. The van der Waals surface area contributed by atoms with Crippen LogP contribution in [0.5, 0.6) is 0 Å². The van der Waals surface area contributed by atoms with E-state index in [1.807, 2.05) is 43.7 Å². The Labute approximate surface area is 166 Å². The van der Waals surface area contributed by atoms with Gasteiger partial charge in [0.05, 0.1) is 30.6 Å². The smallest absolute Gasteiger partial charge is 0.234 e. The fourth-order valence-electron chi connectivity index (χ4n) is 3.18. The molecule has 0 saturated carbocycles. The van der Waals surface area contributed by atoms with Crippen molar-refractivity contribution >= 4 is 38.6 Å². The maximum atomic E-state index is 12.0. The quantitative estimate of drug-likeness (QED) is 0.525. The summed E-state index contributed by atoms with van der Waals surface area (Å²) in [4.78, 5) is 26.6. The van der Waals surface area contributed by atoms with Crippen molar-refractivity contribution in [3.8, 4) is 10.6 Å². The molecule has 0 aliphatic heterocycles. The normalized spacial score (nSPS) is 12.5. The summed E-state index contributed by atoms with van der Waals surface area (Å²) in [6.07, 6.45) is 3.57. The molecule has 0 aliphatic carbocycles. The minimum absolute atomic E-state index is 0.0115.